The Labute approximate surface area is 179 Å². The minimum Gasteiger partial charge on any atom is -0.341 e. The minimum absolute atomic E-state index is 0.135. The number of nitrogens with one attached hydrogen (secondary N) is 1. The summed E-state index contributed by atoms with van der Waals surface area (Å²) in [7, 11) is 0. The van der Waals surface area contributed by atoms with Crippen molar-refractivity contribution in [2.45, 2.75) is 24.9 Å². The lowest BCUT2D eigenvalue weighted by Crippen LogP contribution is -2.22. The normalized spacial score (nSPS) is 13.7. The lowest BCUT2D eigenvalue weighted by molar-refractivity contribution is -0.113. The fourth-order valence-corrected chi connectivity index (χ4v) is 4.21. The van der Waals surface area contributed by atoms with Gasteiger partial charge in [-0.3, -0.25) is 9.36 Å². The molecule has 4 rings (SSSR count). The number of nitrogens with zero attached hydrogens (tertiary/aromatic N) is 4. The van der Waals surface area contributed by atoms with Gasteiger partial charge in [-0.1, -0.05) is 53.2 Å². The van der Waals surface area contributed by atoms with Crippen LogP contribution in [0.25, 0.3) is 5.69 Å². The van der Waals surface area contributed by atoms with E-state index in [2.05, 4.69) is 51.6 Å². The Balaban J connectivity index is 1.54. The third-order valence-corrected chi connectivity index (χ3v) is 6.04. The minimum atomic E-state index is -0.135. The molecule has 2 heterocycles. The largest absolute Gasteiger partial charge is 0.341 e. The molecule has 1 N–H and O–H groups in total. The average Bonchev–Trinajstić information content (AvgIpc) is 3.38. The number of carbonyl (C=O) groups is 1. The molecule has 2 aromatic carbocycles. The summed E-state index contributed by atoms with van der Waals surface area (Å²) in [5, 5.41) is 12.9. The molecule has 3 aromatic rings. The first-order valence-corrected chi connectivity index (χ1v) is 10.9. The Kier molecular flexibility index (Phi) is 6.06. The van der Waals surface area contributed by atoms with Crippen molar-refractivity contribution in [2.75, 3.05) is 29.1 Å². The number of thioether (sulfide) groups is 1. The summed E-state index contributed by atoms with van der Waals surface area (Å²) in [5.41, 5.74) is 2.80. The topological polar surface area (TPSA) is 63.1 Å². The standard InChI is InChI=1S/C21H22ClN5OS/c1-15-8-10-16(11-9-15)27-20(26-12-4-5-13-26)24-25-21(27)29-14-19(28)23-18-7-3-2-6-17(18)22/h2-3,6-11H,4-5,12-14H2,1H3,(H,23,28). The van der Waals surface area contributed by atoms with Gasteiger partial charge in [-0.2, -0.15) is 0 Å². The van der Waals surface area contributed by atoms with E-state index in [-0.39, 0.29) is 11.7 Å². The van der Waals surface area contributed by atoms with Crippen LogP contribution in [0.5, 0.6) is 0 Å². The molecule has 0 radical (unpaired) electrons. The maximum Gasteiger partial charge on any atom is 0.234 e. The highest BCUT2D eigenvalue weighted by Gasteiger charge is 2.23. The Hall–Kier alpha value is -2.51. The highest BCUT2D eigenvalue weighted by atomic mass is 35.5. The van der Waals surface area contributed by atoms with Crippen molar-refractivity contribution < 1.29 is 4.79 Å². The van der Waals surface area contributed by atoms with Gasteiger partial charge >= 0.3 is 0 Å². The number of aromatic nitrogens is 3. The predicted molar refractivity (Wildman–Crippen MR) is 118 cm³/mol. The molecule has 1 aliphatic heterocycles. The van der Waals surface area contributed by atoms with Crippen LogP contribution in [0.2, 0.25) is 5.02 Å². The van der Waals surface area contributed by atoms with Crippen LogP contribution < -0.4 is 10.2 Å². The van der Waals surface area contributed by atoms with E-state index in [1.807, 2.05) is 16.7 Å². The highest BCUT2D eigenvalue weighted by molar-refractivity contribution is 7.99. The van der Waals surface area contributed by atoms with E-state index < -0.39 is 0 Å². The predicted octanol–water partition coefficient (Wildman–Crippen LogP) is 4.56. The first-order chi connectivity index (χ1) is 14.1. The monoisotopic (exact) mass is 427 g/mol. The molecule has 150 valence electrons. The SMILES string of the molecule is Cc1ccc(-n2c(SCC(=O)Nc3ccccc3Cl)nnc2N2CCCC2)cc1. The lowest BCUT2D eigenvalue weighted by atomic mass is 10.2. The Morgan fingerprint density at radius 3 is 2.55 bits per heavy atom. The van der Waals surface area contributed by atoms with Crippen molar-refractivity contribution in [3.63, 3.8) is 0 Å². The molecule has 1 fully saturated rings. The van der Waals surface area contributed by atoms with Crippen molar-refractivity contribution in [3.8, 4) is 5.69 Å². The van der Waals surface area contributed by atoms with Gasteiger partial charge in [0.15, 0.2) is 5.16 Å². The summed E-state index contributed by atoms with van der Waals surface area (Å²) in [6.45, 7) is 4.01. The molecule has 0 bridgehead atoms. The van der Waals surface area contributed by atoms with Crippen molar-refractivity contribution in [1.82, 2.24) is 14.8 Å². The zero-order chi connectivity index (χ0) is 20.2. The molecule has 6 nitrogen and oxygen atoms in total. The van der Waals surface area contributed by atoms with E-state index in [0.717, 1.165) is 37.6 Å². The van der Waals surface area contributed by atoms with Crippen molar-refractivity contribution in [3.05, 3.63) is 59.1 Å². The van der Waals surface area contributed by atoms with Gasteiger partial charge in [0.1, 0.15) is 0 Å². The molecule has 0 unspecified atom stereocenters. The fourth-order valence-electron chi connectivity index (χ4n) is 3.28. The van der Waals surface area contributed by atoms with Crippen molar-refractivity contribution in [1.29, 1.82) is 0 Å². The molecule has 1 aliphatic rings. The van der Waals surface area contributed by atoms with E-state index in [4.69, 9.17) is 11.6 Å². The number of para-hydroxylation sites is 1. The van der Waals surface area contributed by atoms with Gasteiger partial charge in [0.2, 0.25) is 11.9 Å². The van der Waals surface area contributed by atoms with Crippen LogP contribution in [-0.4, -0.2) is 39.5 Å². The molecule has 0 spiro atoms. The molecule has 1 amide bonds. The number of benzene rings is 2. The second-order valence-corrected chi connectivity index (χ2v) is 8.31. The van der Waals surface area contributed by atoms with Crippen molar-refractivity contribution >= 4 is 40.9 Å². The summed E-state index contributed by atoms with van der Waals surface area (Å²) in [4.78, 5) is 14.7. The molecule has 29 heavy (non-hydrogen) atoms. The number of carbonyl (C=O) groups excluding carboxylic acids is 1. The van der Waals surface area contributed by atoms with Gasteiger partial charge < -0.3 is 10.2 Å². The van der Waals surface area contributed by atoms with Crippen LogP contribution in [-0.2, 0) is 4.79 Å². The first-order valence-electron chi connectivity index (χ1n) is 9.56. The molecule has 1 aromatic heterocycles. The van der Waals surface area contributed by atoms with Gasteiger partial charge in [0, 0.05) is 13.1 Å². The number of hydrogen-bond donors (Lipinski definition) is 1. The van der Waals surface area contributed by atoms with Crippen LogP contribution in [0, 0.1) is 6.92 Å². The van der Waals surface area contributed by atoms with Gasteiger partial charge in [0.25, 0.3) is 0 Å². The van der Waals surface area contributed by atoms with E-state index in [1.165, 1.54) is 17.3 Å². The second-order valence-electron chi connectivity index (χ2n) is 6.96. The summed E-state index contributed by atoms with van der Waals surface area (Å²) in [5.74, 6) is 0.916. The van der Waals surface area contributed by atoms with Crippen molar-refractivity contribution in [2.24, 2.45) is 0 Å². The van der Waals surface area contributed by atoms with Crippen LogP contribution in [0.4, 0.5) is 11.6 Å². The number of hydrogen-bond acceptors (Lipinski definition) is 5. The van der Waals surface area contributed by atoms with Crippen LogP contribution >= 0.6 is 23.4 Å². The number of aryl methyl sites for hydroxylation is 1. The van der Waals surface area contributed by atoms with Gasteiger partial charge in [-0.05, 0) is 44.0 Å². The maximum absolute atomic E-state index is 12.4. The van der Waals surface area contributed by atoms with Crippen LogP contribution in [0.15, 0.2) is 53.7 Å². The molecule has 0 atom stereocenters. The maximum atomic E-state index is 12.4. The number of rotatable bonds is 6. The third kappa shape index (κ3) is 4.57. The molecule has 0 saturated carbocycles. The summed E-state index contributed by atoms with van der Waals surface area (Å²) in [6.07, 6.45) is 2.31. The summed E-state index contributed by atoms with van der Waals surface area (Å²) in [6, 6.07) is 15.5. The Bertz CT molecular complexity index is 999. The molecule has 8 heteroatoms. The average molecular weight is 428 g/mol. The summed E-state index contributed by atoms with van der Waals surface area (Å²) < 4.78 is 2.04. The van der Waals surface area contributed by atoms with E-state index >= 15 is 0 Å². The highest BCUT2D eigenvalue weighted by Crippen LogP contribution is 2.29. The molecule has 0 aliphatic carbocycles. The van der Waals surface area contributed by atoms with Gasteiger partial charge in [-0.25, -0.2) is 0 Å². The van der Waals surface area contributed by atoms with Gasteiger partial charge in [0.05, 0.1) is 22.2 Å². The van der Waals surface area contributed by atoms with Gasteiger partial charge in [-0.15, -0.1) is 10.2 Å². The lowest BCUT2D eigenvalue weighted by Gasteiger charge is -2.18. The quantitative estimate of drug-likeness (QED) is 0.584. The number of anilines is 2. The van der Waals surface area contributed by atoms with E-state index in [9.17, 15) is 4.79 Å². The number of amides is 1. The molecule has 1 saturated heterocycles. The van der Waals surface area contributed by atoms with Crippen LogP contribution in [0.1, 0.15) is 18.4 Å². The first kappa shape index (κ1) is 19.8. The molecular weight excluding hydrogens is 406 g/mol. The Morgan fingerprint density at radius 2 is 1.83 bits per heavy atom. The van der Waals surface area contributed by atoms with E-state index in [1.54, 1.807) is 12.1 Å². The molecular formula is C21H22ClN5OS. The Morgan fingerprint density at radius 1 is 1.10 bits per heavy atom. The zero-order valence-corrected chi connectivity index (χ0v) is 17.7. The smallest absolute Gasteiger partial charge is 0.234 e. The van der Waals surface area contributed by atoms with E-state index in [0.29, 0.717) is 15.9 Å². The third-order valence-electron chi connectivity index (χ3n) is 4.78. The number of halogens is 1. The van der Waals surface area contributed by atoms with Crippen LogP contribution in [0.3, 0.4) is 0 Å². The summed E-state index contributed by atoms with van der Waals surface area (Å²) >= 11 is 7.49. The fraction of sp³-hybridized carbons (Fsp3) is 0.286. The zero-order valence-electron chi connectivity index (χ0n) is 16.1. The second kappa shape index (κ2) is 8.88.